The van der Waals surface area contributed by atoms with Crippen molar-refractivity contribution in [3.63, 3.8) is 0 Å². The summed E-state index contributed by atoms with van der Waals surface area (Å²) in [4.78, 5) is 2.35. The average molecular weight is 559 g/mol. The molecule has 0 atom stereocenters. The van der Waals surface area contributed by atoms with Gasteiger partial charge in [-0.1, -0.05) is 41.1 Å². The van der Waals surface area contributed by atoms with Crippen LogP contribution in [0.3, 0.4) is 0 Å². The van der Waals surface area contributed by atoms with Crippen LogP contribution in [0.25, 0.3) is 11.1 Å². The van der Waals surface area contributed by atoms with Crippen LogP contribution in [0.5, 0.6) is 0 Å². The molecule has 4 aromatic carbocycles. The van der Waals surface area contributed by atoms with Crippen molar-refractivity contribution in [2.45, 2.75) is 26.7 Å². The van der Waals surface area contributed by atoms with Crippen LogP contribution in [-0.4, -0.2) is 16.3 Å². The van der Waals surface area contributed by atoms with Gasteiger partial charge in [-0.3, -0.25) is 6.08 Å². The minimum atomic E-state index is 1.01. The topological polar surface area (TPSA) is 3.24 Å². The molecule has 0 unspecified atom stereocenters. The Morgan fingerprint density at radius 1 is 0.757 bits per heavy atom. The predicted molar refractivity (Wildman–Crippen MR) is 155 cm³/mol. The summed E-state index contributed by atoms with van der Waals surface area (Å²) in [6.07, 6.45) is 11.0. The molecule has 0 saturated heterocycles. The third-order valence-corrected chi connectivity index (χ3v) is 7.92. The number of allylic oxidation sites excluding steroid dienone is 4. The van der Waals surface area contributed by atoms with Gasteiger partial charge in [0.1, 0.15) is 0 Å². The van der Waals surface area contributed by atoms with E-state index >= 15 is 0 Å². The second kappa shape index (κ2) is 14.0. The molecule has 0 saturated carbocycles. The summed E-state index contributed by atoms with van der Waals surface area (Å²) in [5.41, 5.74) is 9.41. The fraction of sp³-hybridized carbons (Fsp3) is 0.171. The Hall–Kier alpha value is -3.09. The summed E-state index contributed by atoms with van der Waals surface area (Å²) in [5.74, 6) is 0. The van der Waals surface area contributed by atoms with E-state index in [2.05, 4.69) is 134 Å². The number of nitrogens with zero attached hydrogens (tertiary/aromatic N) is 1. The summed E-state index contributed by atoms with van der Waals surface area (Å²) in [5, 5.41) is 0. The van der Waals surface area contributed by atoms with Crippen molar-refractivity contribution in [3.05, 3.63) is 150 Å². The molecule has 6 rings (SSSR count). The molecule has 2 aliphatic rings. The first kappa shape index (κ1) is 27.0. The number of fused-ring (bicyclic) bond motifs is 3. The third kappa shape index (κ3) is 7.24. The molecule has 0 aliphatic heterocycles. The van der Waals surface area contributed by atoms with Crippen LogP contribution in [-0.2, 0) is 30.7 Å². The molecule has 1 nitrogen and oxygen atoms in total. The second-order valence-corrected chi connectivity index (χ2v) is 10.1. The van der Waals surface area contributed by atoms with Gasteiger partial charge in [-0.2, -0.15) is 18.2 Å². The zero-order valence-corrected chi connectivity index (χ0v) is 24.2. The number of hydrogen-bond acceptors (Lipinski definition) is 1. The molecule has 0 bridgehead atoms. The van der Waals surface area contributed by atoms with Crippen molar-refractivity contribution in [2.75, 3.05) is 18.0 Å². The number of anilines is 1. The summed E-state index contributed by atoms with van der Waals surface area (Å²) in [6.45, 7) is 6.47. The van der Waals surface area contributed by atoms with E-state index in [1.807, 2.05) is 12.2 Å². The monoisotopic (exact) mass is 557 g/mol. The molecule has 0 spiro atoms. The maximum atomic E-state index is 3.60. The molecule has 0 N–H and O–H groups in total. The molecule has 0 fully saturated rings. The second-order valence-electron chi connectivity index (χ2n) is 8.85. The SMILES string of the molecule is CCN(CC)c1[c-]c2c(cc1)-c1ccccc1C2.[C-]1=CC=CC1.[Zr+2]=[C](c1ccccc1)c1ccccc1. The molecular weight excluding hydrogens is 526 g/mol. The van der Waals surface area contributed by atoms with Gasteiger partial charge in [0.15, 0.2) is 0 Å². The van der Waals surface area contributed by atoms with Crippen LogP contribution in [0, 0.1) is 12.1 Å². The van der Waals surface area contributed by atoms with Gasteiger partial charge in [-0.15, -0.1) is 23.6 Å². The van der Waals surface area contributed by atoms with E-state index in [9.17, 15) is 0 Å². The molecular formula is C35H33NZr. The van der Waals surface area contributed by atoms with Crippen molar-refractivity contribution < 1.29 is 24.2 Å². The van der Waals surface area contributed by atoms with Gasteiger partial charge in [0, 0.05) is 13.1 Å². The van der Waals surface area contributed by atoms with E-state index in [0.29, 0.717) is 0 Å². The predicted octanol–water partition coefficient (Wildman–Crippen LogP) is 8.01. The Morgan fingerprint density at radius 2 is 1.38 bits per heavy atom. The van der Waals surface area contributed by atoms with Crippen molar-refractivity contribution in [3.8, 4) is 11.1 Å². The van der Waals surface area contributed by atoms with Crippen LogP contribution in [0.1, 0.15) is 42.5 Å². The Labute approximate surface area is 237 Å². The van der Waals surface area contributed by atoms with E-state index in [1.54, 1.807) is 0 Å². The third-order valence-electron chi connectivity index (χ3n) is 6.50. The van der Waals surface area contributed by atoms with Crippen LogP contribution in [0.4, 0.5) is 5.69 Å². The van der Waals surface area contributed by atoms with E-state index in [0.717, 1.165) is 25.9 Å². The molecule has 0 amide bonds. The first-order valence-corrected chi connectivity index (χ1v) is 14.2. The van der Waals surface area contributed by atoms with Gasteiger partial charge in [0.2, 0.25) is 0 Å². The standard InChI is InChI=1S/C17H18N.C13H10.C5H5.Zr/c1-3-18(4-2)15-9-10-17-14(12-15)11-13-7-5-6-8-16(13)17;1-3-7-12(8-4-1)11-13-9-5-2-6-10-13;1-2-4-5-3-1;/h5-10H,3-4,11H2,1-2H3;1-10H;1-3H,4H2;/q-1;;-1;+2. The van der Waals surface area contributed by atoms with Crippen LogP contribution in [0.2, 0.25) is 0 Å². The number of hydrogen-bond donors (Lipinski definition) is 0. The Bertz CT molecular complexity index is 1300. The zero-order chi connectivity index (χ0) is 25.9. The Kier molecular flexibility index (Phi) is 10.2. The van der Waals surface area contributed by atoms with Gasteiger partial charge < -0.3 is 4.90 Å². The van der Waals surface area contributed by atoms with Crippen molar-refractivity contribution in [2.24, 2.45) is 0 Å². The Balaban J connectivity index is 0.000000149. The van der Waals surface area contributed by atoms with Crippen LogP contribution < -0.4 is 4.90 Å². The van der Waals surface area contributed by atoms with Gasteiger partial charge in [0.05, 0.1) is 0 Å². The summed E-state index contributed by atoms with van der Waals surface area (Å²) in [7, 11) is 0. The quantitative estimate of drug-likeness (QED) is 0.198. The fourth-order valence-corrected chi connectivity index (χ4v) is 5.33. The normalized spacial score (nSPS) is 12.0. The van der Waals surface area contributed by atoms with Gasteiger partial charge in [-0.05, 0) is 20.3 Å². The molecule has 0 heterocycles. The van der Waals surface area contributed by atoms with E-state index in [1.165, 1.54) is 66.5 Å². The first-order valence-electron chi connectivity index (χ1n) is 13.0. The number of rotatable bonds is 5. The molecule has 2 heteroatoms. The average Bonchev–Trinajstić information content (AvgIpc) is 3.67. The van der Waals surface area contributed by atoms with Crippen LogP contribution >= 0.6 is 0 Å². The summed E-state index contributed by atoms with van der Waals surface area (Å²) < 4.78 is 1.42. The molecule has 2 aliphatic carbocycles. The van der Waals surface area contributed by atoms with Crippen molar-refractivity contribution in [1.29, 1.82) is 0 Å². The maximum absolute atomic E-state index is 3.60. The van der Waals surface area contributed by atoms with Gasteiger partial charge >= 0.3 is 99.2 Å². The van der Waals surface area contributed by atoms with E-state index in [4.69, 9.17) is 0 Å². The minimum absolute atomic E-state index is 1.01. The zero-order valence-electron chi connectivity index (χ0n) is 21.7. The molecule has 0 aromatic heterocycles. The van der Waals surface area contributed by atoms with E-state index < -0.39 is 0 Å². The van der Waals surface area contributed by atoms with Crippen LogP contribution in [0.15, 0.2) is 115 Å². The fourth-order valence-electron chi connectivity index (χ4n) is 4.51. The van der Waals surface area contributed by atoms with Crippen molar-refractivity contribution >= 4 is 8.89 Å². The van der Waals surface area contributed by atoms with Crippen molar-refractivity contribution in [1.82, 2.24) is 0 Å². The van der Waals surface area contributed by atoms with Gasteiger partial charge in [0.25, 0.3) is 0 Å². The molecule has 4 aromatic rings. The molecule has 182 valence electrons. The first-order chi connectivity index (χ1) is 18.2. The van der Waals surface area contributed by atoms with E-state index in [-0.39, 0.29) is 0 Å². The summed E-state index contributed by atoms with van der Waals surface area (Å²) in [6, 6.07) is 37.8. The summed E-state index contributed by atoms with van der Waals surface area (Å²) >= 11 is 1.46. The van der Waals surface area contributed by atoms with Gasteiger partial charge in [-0.25, -0.2) is 12.2 Å². The number of benzene rings is 4. The Morgan fingerprint density at radius 3 is 1.92 bits per heavy atom. The molecule has 0 radical (unpaired) electrons. The molecule has 37 heavy (non-hydrogen) atoms.